The molecule has 7 heteroatoms. The molecule has 0 unspecified atom stereocenters. The van der Waals surface area contributed by atoms with Crippen LogP contribution in [-0.4, -0.2) is 38.6 Å². The molecule has 1 aromatic rings. The van der Waals surface area contributed by atoms with Gasteiger partial charge in [0, 0.05) is 12.6 Å². The van der Waals surface area contributed by atoms with Gasteiger partial charge in [0.1, 0.15) is 17.1 Å². The molecule has 1 aliphatic heterocycles. The van der Waals surface area contributed by atoms with Crippen molar-refractivity contribution in [1.29, 1.82) is 0 Å². The Bertz CT molecular complexity index is 661. The Balaban J connectivity index is 2.42. The maximum absolute atomic E-state index is 12.2. The molecule has 0 radical (unpaired) electrons. The molecule has 3 N–H and O–H groups in total. The van der Waals surface area contributed by atoms with Crippen molar-refractivity contribution in [2.45, 2.75) is 0 Å². The van der Waals surface area contributed by atoms with Crippen molar-refractivity contribution in [3.63, 3.8) is 0 Å². The van der Waals surface area contributed by atoms with E-state index in [1.807, 2.05) is 0 Å². The standard InChI is InChI=1S/C14H12N2O4S/c1-2-3-16-13(20)11(12(19)15-14(16)21)6-8-4-9(17)7-10(18)5-8/h2,4-7,17-18H,1,3H2,(H,15,19,21). The number of phenolic OH excluding ortho intramolecular Hbond substituents is 2. The molecule has 0 aromatic heterocycles. The lowest BCUT2D eigenvalue weighted by Gasteiger charge is -2.27. The minimum Gasteiger partial charge on any atom is -0.508 e. The van der Waals surface area contributed by atoms with Crippen molar-refractivity contribution in [2.75, 3.05) is 6.54 Å². The largest absolute Gasteiger partial charge is 0.508 e. The van der Waals surface area contributed by atoms with Crippen LogP contribution in [0, 0.1) is 0 Å². The number of aromatic hydroxyl groups is 2. The predicted molar refractivity (Wildman–Crippen MR) is 80.4 cm³/mol. The fourth-order valence-corrected chi connectivity index (χ4v) is 2.11. The smallest absolute Gasteiger partial charge is 0.265 e. The zero-order chi connectivity index (χ0) is 15.6. The highest BCUT2D eigenvalue weighted by Crippen LogP contribution is 2.23. The van der Waals surface area contributed by atoms with Gasteiger partial charge in [-0.1, -0.05) is 6.08 Å². The molecule has 108 valence electrons. The van der Waals surface area contributed by atoms with Crippen molar-refractivity contribution in [3.05, 3.63) is 42.0 Å². The first kappa shape index (κ1) is 14.7. The molecule has 1 fully saturated rings. The summed E-state index contributed by atoms with van der Waals surface area (Å²) in [6.07, 6.45) is 2.76. The Kier molecular flexibility index (Phi) is 4.04. The molecular formula is C14H12N2O4S. The second-order valence-electron chi connectivity index (χ2n) is 4.30. The van der Waals surface area contributed by atoms with Crippen LogP contribution < -0.4 is 5.32 Å². The van der Waals surface area contributed by atoms with Crippen LogP contribution in [0.4, 0.5) is 0 Å². The van der Waals surface area contributed by atoms with Crippen LogP contribution in [0.15, 0.2) is 36.4 Å². The maximum atomic E-state index is 12.2. The minimum atomic E-state index is -0.631. The van der Waals surface area contributed by atoms with Gasteiger partial charge in [-0.15, -0.1) is 6.58 Å². The molecule has 0 bridgehead atoms. The average molecular weight is 304 g/mol. The number of nitrogens with one attached hydrogen (secondary N) is 1. The summed E-state index contributed by atoms with van der Waals surface area (Å²) in [5.74, 6) is -1.55. The SMILES string of the molecule is C=CCN1C(=O)C(=Cc2cc(O)cc(O)c2)C(=O)NC1=S. The fourth-order valence-electron chi connectivity index (χ4n) is 1.86. The monoisotopic (exact) mass is 304 g/mol. The summed E-state index contributed by atoms with van der Waals surface area (Å²) in [4.78, 5) is 25.3. The van der Waals surface area contributed by atoms with Crippen LogP contribution in [0.5, 0.6) is 11.5 Å². The Morgan fingerprint density at radius 2 is 1.86 bits per heavy atom. The third-order valence-electron chi connectivity index (χ3n) is 2.73. The molecule has 2 amide bonds. The molecule has 2 rings (SSSR count). The van der Waals surface area contributed by atoms with Gasteiger partial charge in [0.25, 0.3) is 11.8 Å². The first-order valence-corrected chi connectivity index (χ1v) is 6.36. The summed E-state index contributed by atoms with van der Waals surface area (Å²) < 4.78 is 0. The van der Waals surface area contributed by atoms with Crippen molar-refractivity contribution < 1.29 is 19.8 Å². The summed E-state index contributed by atoms with van der Waals surface area (Å²) in [6, 6.07) is 3.78. The summed E-state index contributed by atoms with van der Waals surface area (Å²) in [6.45, 7) is 3.69. The Morgan fingerprint density at radius 3 is 2.43 bits per heavy atom. The van der Waals surface area contributed by atoms with Crippen LogP contribution in [0.3, 0.4) is 0 Å². The van der Waals surface area contributed by atoms with Crippen molar-refractivity contribution in [1.82, 2.24) is 10.2 Å². The van der Waals surface area contributed by atoms with E-state index < -0.39 is 11.8 Å². The van der Waals surface area contributed by atoms with Gasteiger partial charge >= 0.3 is 0 Å². The number of hydrogen-bond acceptors (Lipinski definition) is 5. The quantitative estimate of drug-likeness (QED) is 0.334. The van der Waals surface area contributed by atoms with Crippen LogP contribution >= 0.6 is 12.2 Å². The zero-order valence-electron chi connectivity index (χ0n) is 10.9. The van der Waals surface area contributed by atoms with Crippen LogP contribution in [0.2, 0.25) is 0 Å². The highest BCUT2D eigenvalue weighted by molar-refractivity contribution is 7.80. The van der Waals surface area contributed by atoms with E-state index in [1.54, 1.807) is 0 Å². The van der Waals surface area contributed by atoms with E-state index in [2.05, 4.69) is 11.9 Å². The van der Waals surface area contributed by atoms with Crippen molar-refractivity contribution in [2.24, 2.45) is 0 Å². The van der Waals surface area contributed by atoms with E-state index in [0.29, 0.717) is 5.56 Å². The van der Waals surface area contributed by atoms with Gasteiger partial charge in [0.05, 0.1) is 0 Å². The van der Waals surface area contributed by atoms with Crippen molar-refractivity contribution in [3.8, 4) is 11.5 Å². The number of amides is 2. The first-order chi connectivity index (χ1) is 9.92. The normalized spacial score (nSPS) is 17.0. The zero-order valence-corrected chi connectivity index (χ0v) is 11.7. The molecule has 0 atom stereocenters. The van der Waals surface area contributed by atoms with E-state index >= 15 is 0 Å². The van der Waals surface area contributed by atoms with E-state index in [4.69, 9.17) is 12.2 Å². The second-order valence-corrected chi connectivity index (χ2v) is 4.69. The highest BCUT2D eigenvalue weighted by Gasteiger charge is 2.32. The van der Waals surface area contributed by atoms with E-state index in [9.17, 15) is 19.8 Å². The number of thiocarbonyl (C=S) groups is 1. The molecule has 0 spiro atoms. The molecule has 1 aromatic carbocycles. The molecule has 0 saturated carbocycles. The first-order valence-electron chi connectivity index (χ1n) is 5.95. The molecule has 1 aliphatic rings. The van der Waals surface area contributed by atoms with E-state index in [-0.39, 0.29) is 28.7 Å². The average Bonchev–Trinajstić information content (AvgIpc) is 2.38. The Hall–Kier alpha value is -2.67. The third-order valence-corrected chi connectivity index (χ3v) is 3.06. The minimum absolute atomic E-state index is 0.0146. The molecule has 0 aliphatic carbocycles. The lowest BCUT2D eigenvalue weighted by Crippen LogP contribution is -2.53. The van der Waals surface area contributed by atoms with Crippen molar-refractivity contribution >= 4 is 35.2 Å². The van der Waals surface area contributed by atoms with Gasteiger partial charge in [-0.2, -0.15) is 0 Å². The van der Waals surface area contributed by atoms with Gasteiger partial charge in [0.15, 0.2) is 5.11 Å². The van der Waals surface area contributed by atoms with Gasteiger partial charge in [0.2, 0.25) is 0 Å². The van der Waals surface area contributed by atoms with Gasteiger partial charge in [-0.05, 0) is 36.0 Å². The number of hydrogen-bond donors (Lipinski definition) is 3. The topological polar surface area (TPSA) is 89.9 Å². The van der Waals surface area contributed by atoms with Crippen LogP contribution in [0.25, 0.3) is 6.08 Å². The van der Waals surface area contributed by atoms with Gasteiger partial charge < -0.3 is 10.2 Å². The lowest BCUT2D eigenvalue weighted by atomic mass is 10.1. The predicted octanol–water partition coefficient (Wildman–Crippen LogP) is 0.910. The lowest BCUT2D eigenvalue weighted by molar-refractivity contribution is -0.128. The van der Waals surface area contributed by atoms with Crippen LogP contribution in [-0.2, 0) is 9.59 Å². The highest BCUT2D eigenvalue weighted by atomic mass is 32.1. The second kappa shape index (κ2) is 5.76. The van der Waals surface area contributed by atoms with Crippen LogP contribution in [0.1, 0.15) is 5.56 Å². The number of phenols is 2. The molecule has 1 saturated heterocycles. The number of carbonyl (C=O) groups is 2. The summed E-state index contributed by atoms with van der Waals surface area (Å²) in [5.41, 5.74) is 0.174. The maximum Gasteiger partial charge on any atom is 0.265 e. The van der Waals surface area contributed by atoms with Gasteiger partial charge in [-0.3, -0.25) is 19.8 Å². The fraction of sp³-hybridized carbons (Fsp3) is 0.0714. The molecular weight excluding hydrogens is 292 g/mol. The van der Waals surface area contributed by atoms with Gasteiger partial charge in [-0.25, -0.2) is 0 Å². The molecule has 21 heavy (non-hydrogen) atoms. The number of carbonyl (C=O) groups excluding carboxylic acids is 2. The van der Waals surface area contributed by atoms with E-state index in [1.165, 1.54) is 29.2 Å². The number of rotatable bonds is 3. The summed E-state index contributed by atoms with van der Waals surface area (Å²) >= 11 is 4.92. The third kappa shape index (κ3) is 3.09. The van der Waals surface area contributed by atoms with E-state index in [0.717, 1.165) is 6.07 Å². The molecule has 6 nitrogen and oxygen atoms in total. The molecule has 1 heterocycles. The number of benzene rings is 1. The Morgan fingerprint density at radius 1 is 1.24 bits per heavy atom. The number of nitrogens with zero attached hydrogens (tertiary/aromatic N) is 1. The Labute approximate surface area is 126 Å². The summed E-state index contributed by atoms with van der Waals surface area (Å²) in [7, 11) is 0. The summed E-state index contributed by atoms with van der Waals surface area (Å²) in [5, 5.41) is 21.2.